The molecule has 1 atom stereocenters. The number of hydrogen-bond donors (Lipinski definition) is 0. The molecule has 2 aromatic carbocycles. The van der Waals surface area contributed by atoms with Crippen molar-refractivity contribution in [2.75, 3.05) is 6.61 Å². The minimum absolute atomic E-state index is 0.123. The highest BCUT2D eigenvalue weighted by molar-refractivity contribution is 5.95. The van der Waals surface area contributed by atoms with Gasteiger partial charge in [-0.25, -0.2) is 4.79 Å². The van der Waals surface area contributed by atoms with Crippen molar-refractivity contribution in [2.24, 2.45) is 5.92 Å². The van der Waals surface area contributed by atoms with E-state index < -0.39 is 0 Å². The number of ether oxygens (including phenoxy) is 1. The van der Waals surface area contributed by atoms with Gasteiger partial charge in [0.25, 0.3) is 0 Å². The molecule has 0 bridgehead atoms. The molecule has 2 aromatic rings. The highest BCUT2D eigenvalue weighted by atomic mass is 16.5. The van der Waals surface area contributed by atoms with Crippen molar-refractivity contribution in [2.45, 2.75) is 32.6 Å². The predicted molar refractivity (Wildman–Crippen MR) is 102 cm³/mol. The molecule has 0 saturated heterocycles. The van der Waals surface area contributed by atoms with E-state index in [1.54, 1.807) is 0 Å². The van der Waals surface area contributed by atoms with Gasteiger partial charge in [-0.05, 0) is 52.3 Å². The van der Waals surface area contributed by atoms with Crippen molar-refractivity contribution in [3.63, 3.8) is 0 Å². The van der Waals surface area contributed by atoms with Crippen LogP contribution in [-0.4, -0.2) is 12.5 Å². The Morgan fingerprint density at radius 3 is 2.68 bits per heavy atom. The lowest BCUT2D eigenvalue weighted by atomic mass is 9.78. The summed E-state index contributed by atoms with van der Waals surface area (Å²) in [5.74, 6) is 3.24. The van der Waals surface area contributed by atoms with Crippen molar-refractivity contribution in [1.29, 1.82) is 0 Å². The van der Waals surface area contributed by atoms with Gasteiger partial charge in [-0.15, -0.1) is 0 Å². The molecule has 1 unspecified atom stereocenters. The molecular weight excluding hydrogens is 308 g/mol. The SMILES string of the molecule is CC1C=Cc2cc(-c3ccc4c(c3)C(C)(C)CCO4)ccc2C1=C=O. The molecule has 2 aliphatic rings. The van der Waals surface area contributed by atoms with Crippen LogP contribution in [0, 0.1) is 5.92 Å². The van der Waals surface area contributed by atoms with Crippen molar-refractivity contribution in [1.82, 2.24) is 0 Å². The van der Waals surface area contributed by atoms with Gasteiger partial charge in [-0.2, -0.15) is 0 Å². The van der Waals surface area contributed by atoms with Crippen LogP contribution in [0.2, 0.25) is 0 Å². The summed E-state index contributed by atoms with van der Waals surface area (Å²) in [6.45, 7) is 7.35. The number of fused-ring (bicyclic) bond motifs is 2. The Morgan fingerprint density at radius 1 is 1.12 bits per heavy atom. The first-order valence-corrected chi connectivity index (χ1v) is 8.85. The lowest BCUT2D eigenvalue weighted by Crippen LogP contribution is -2.26. The molecule has 1 heterocycles. The Bertz CT molecular complexity index is 927. The quantitative estimate of drug-likeness (QED) is 0.664. The summed E-state index contributed by atoms with van der Waals surface area (Å²) < 4.78 is 5.82. The molecule has 1 aliphatic heterocycles. The second kappa shape index (κ2) is 5.75. The highest BCUT2D eigenvalue weighted by Crippen LogP contribution is 2.41. The summed E-state index contributed by atoms with van der Waals surface area (Å²) in [6.07, 6.45) is 5.20. The number of rotatable bonds is 1. The number of benzene rings is 2. The molecule has 25 heavy (non-hydrogen) atoms. The normalized spacial score (nSPS) is 20.3. The van der Waals surface area contributed by atoms with Crippen LogP contribution < -0.4 is 4.74 Å². The van der Waals surface area contributed by atoms with Gasteiger partial charge in [0.05, 0.1) is 12.2 Å². The summed E-state index contributed by atoms with van der Waals surface area (Å²) in [7, 11) is 0. The third kappa shape index (κ3) is 2.63. The Morgan fingerprint density at radius 2 is 1.88 bits per heavy atom. The zero-order valence-electron chi connectivity index (χ0n) is 14.9. The second-order valence-corrected chi connectivity index (χ2v) is 7.66. The van der Waals surface area contributed by atoms with Crippen LogP contribution in [0.15, 0.2) is 42.5 Å². The molecule has 2 nitrogen and oxygen atoms in total. The summed E-state index contributed by atoms with van der Waals surface area (Å²) in [6, 6.07) is 12.8. The third-order valence-electron chi connectivity index (χ3n) is 5.50. The van der Waals surface area contributed by atoms with Gasteiger partial charge in [0.2, 0.25) is 0 Å². The predicted octanol–water partition coefficient (Wildman–Crippen LogP) is 5.29. The van der Waals surface area contributed by atoms with Crippen LogP contribution in [0.3, 0.4) is 0 Å². The first-order valence-electron chi connectivity index (χ1n) is 8.85. The van der Waals surface area contributed by atoms with E-state index in [9.17, 15) is 4.79 Å². The molecule has 126 valence electrons. The van der Waals surface area contributed by atoms with E-state index in [4.69, 9.17) is 4.74 Å². The monoisotopic (exact) mass is 330 g/mol. The van der Waals surface area contributed by atoms with E-state index in [0.29, 0.717) is 0 Å². The molecule has 1 aliphatic carbocycles. The van der Waals surface area contributed by atoms with Gasteiger partial charge in [0.15, 0.2) is 0 Å². The topological polar surface area (TPSA) is 26.3 Å². The average Bonchev–Trinajstić information content (AvgIpc) is 2.61. The minimum Gasteiger partial charge on any atom is -0.493 e. The lowest BCUT2D eigenvalue weighted by molar-refractivity contribution is 0.234. The van der Waals surface area contributed by atoms with Crippen LogP contribution in [0.1, 0.15) is 43.9 Å². The van der Waals surface area contributed by atoms with Gasteiger partial charge in [0, 0.05) is 11.5 Å². The zero-order valence-corrected chi connectivity index (χ0v) is 14.9. The van der Waals surface area contributed by atoms with Crippen molar-refractivity contribution < 1.29 is 9.53 Å². The van der Waals surface area contributed by atoms with Crippen molar-refractivity contribution >= 4 is 17.6 Å². The molecule has 0 aromatic heterocycles. The molecule has 0 N–H and O–H groups in total. The first kappa shape index (κ1) is 15.9. The maximum absolute atomic E-state index is 11.3. The Kier molecular flexibility index (Phi) is 3.67. The Labute approximate surface area is 148 Å². The first-order chi connectivity index (χ1) is 12.0. The van der Waals surface area contributed by atoms with Gasteiger partial charge in [-0.1, -0.05) is 51.1 Å². The van der Waals surface area contributed by atoms with Gasteiger partial charge in [-0.3, -0.25) is 0 Å². The van der Waals surface area contributed by atoms with E-state index in [1.165, 1.54) is 11.1 Å². The van der Waals surface area contributed by atoms with Crippen molar-refractivity contribution in [3.05, 3.63) is 59.2 Å². The van der Waals surface area contributed by atoms with Gasteiger partial charge in [0.1, 0.15) is 11.7 Å². The van der Waals surface area contributed by atoms with Crippen molar-refractivity contribution in [3.8, 4) is 16.9 Å². The van der Waals surface area contributed by atoms with Crippen LogP contribution in [0.5, 0.6) is 5.75 Å². The van der Waals surface area contributed by atoms with Crippen LogP contribution in [0.4, 0.5) is 0 Å². The summed E-state index contributed by atoms with van der Waals surface area (Å²) in [5.41, 5.74) is 6.56. The van der Waals surface area contributed by atoms with E-state index in [-0.39, 0.29) is 11.3 Å². The largest absolute Gasteiger partial charge is 0.493 e. The number of allylic oxidation sites excluding steroid dienone is 2. The van der Waals surface area contributed by atoms with E-state index >= 15 is 0 Å². The molecule has 0 saturated carbocycles. The third-order valence-corrected chi connectivity index (χ3v) is 5.50. The fourth-order valence-corrected chi connectivity index (χ4v) is 3.78. The zero-order chi connectivity index (χ0) is 17.6. The van der Waals surface area contributed by atoms with Crippen LogP contribution >= 0.6 is 0 Å². The molecule has 0 amide bonds. The summed E-state index contributed by atoms with van der Waals surface area (Å²) >= 11 is 0. The number of carbonyl (C=O) groups excluding carboxylic acids is 1. The Balaban J connectivity index is 1.80. The Hall–Kier alpha value is -2.57. The van der Waals surface area contributed by atoms with E-state index in [2.05, 4.69) is 62.3 Å². The molecule has 0 fully saturated rings. The van der Waals surface area contributed by atoms with Crippen LogP contribution in [0.25, 0.3) is 22.8 Å². The second-order valence-electron chi connectivity index (χ2n) is 7.66. The molecule has 2 heteroatoms. The summed E-state index contributed by atoms with van der Waals surface area (Å²) in [5, 5.41) is 0. The maximum atomic E-state index is 11.3. The average molecular weight is 330 g/mol. The van der Waals surface area contributed by atoms with Gasteiger partial charge >= 0.3 is 0 Å². The summed E-state index contributed by atoms with van der Waals surface area (Å²) in [4.78, 5) is 11.3. The highest BCUT2D eigenvalue weighted by Gasteiger charge is 2.29. The molecule has 0 radical (unpaired) electrons. The standard InChI is InChI=1S/C23H22O2/c1-15-4-5-18-12-16(6-8-19(18)20(15)14-24)17-7-9-22-21(13-17)23(2,3)10-11-25-22/h4-9,12-13,15H,10-11H2,1-3H3. The molecule has 0 spiro atoms. The van der Waals surface area contributed by atoms with Crippen LogP contribution in [-0.2, 0) is 10.2 Å². The smallest absolute Gasteiger partial charge is 0.129 e. The maximum Gasteiger partial charge on any atom is 0.129 e. The fraction of sp³-hybridized carbons (Fsp3) is 0.304. The fourth-order valence-electron chi connectivity index (χ4n) is 3.78. The minimum atomic E-state index is 0.123. The molecule has 4 rings (SSSR count). The van der Waals surface area contributed by atoms with Gasteiger partial charge < -0.3 is 4.74 Å². The van der Waals surface area contributed by atoms with E-state index in [0.717, 1.165) is 41.0 Å². The molecular formula is C23H22O2. The lowest BCUT2D eigenvalue weighted by Gasteiger charge is -2.32. The number of hydrogen-bond acceptors (Lipinski definition) is 2. The van der Waals surface area contributed by atoms with E-state index in [1.807, 2.05) is 13.0 Å².